The van der Waals surface area contributed by atoms with Gasteiger partial charge in [0.25, 0.3) is 10.0 Å². The Bertz CT molecular complexity index is 578. The average molecular weight is 264 g/mol. The van der Waals surface area contributed by atoms with E-state index in [1.165, 1.54) is 18.2 Å². The fourth-order valence-corrected chi connectivity index (χ4v) is 3.63. The van der Waals surface area contributed by atoms with Crippen LogP contribution in [0.4, 0.5) is 0 Å². The van der Waals surface area contributed by atoms with Gasteiger partial charge in [-0.05, 0) is 17.7 Å². The van der Waals surface area contributed by atoms with Gasteiger partial charge in [0.1, 0.15) is 0 Å². The van der Waals surface area contributed by atoms with Gasteiger partial charge in [0.2, 0.25) is 10.0 Å². The molecular formula is C8H12N2O4S2. The molecule has 0 unspecified atom stereocenters. The first-order valence-corrected chi connectivity index (χ1v) is 7.65. The summed E-state index contributed by atoms with van der Waals surface area (Å²) in [6.45, 7) is 0.183. The fraction of sp³-hybridized carbons (Fsp3) is 0.250. The van der Waals surface area contributed by atoms with E-state index in [1.54, 1.807) is 10.2 Å². The maximum atomic E-state index is 11.6. The molecule has 16 heavy (non-hydrogen) atoms. The number of hydrogen-bond acceptors (Lipinski definition) is 5. The molecule has 1 aromatic carbocycles. The van der Waals surface area contributed by atoms with E-state index >= 15 is 0 Å². The Morgan fingerprint density at radius 3 is 2.38 bits per heavy atom. The molecule has 0 radical (unpaired) electrons. The van der Waals surface area contributed by atoms with Gasteiger partial charge in [0.15, 0.2) is 0 Å². The smallest absolute Gasteiger partial charge is 0.253 e. The zero-order valence-electron chi connectivity index (χ0n) is 8.54. The third-order valence-corrected chi connectivity index (χ3v) is 4.67. The van der Waals surface area contributed by atoms with Crippen LogP contribution in [0, 0.1) is 0 Å². The van der Waals surface area contributed by atoms with Crippen molar-refractivity contribution in [1.82, 2.24) is 4.13 Å². The molecule has 0 saturated carbocycles. The highest BCUT2D eigenvalue weighted by molar-refractivity contribution is 8.04. The van der Waals surface area contributed by atoms with E-state index in [0.717, 1.165) is 6.26 Å². The van der Waals surface area contributed by atoms with Crippen LogP contribution in [0.25, 0.3) is 0 Å². The molecular weight excluding hydrogens is 252 g/mol. The van der Waals surface area contributed by atoms with Crippen LogP contribution in [-0.4, -0.2) is 23.1 Å². The highest BCUT2D eigenvalue weighted by atomic mass is 32.3. The topological polar surface area (TPSA) is 106 Å². The highest BCUT2D eigenvalue weighted by Crippen LogP contribution is 2.11. The minimum atomic E-state index is -4.04. The predicted octanol–water partition coefficient (Wildman–Crippen LogP) is -0.617. The second-order valence-electron chi connectivity index (χ2n) is 3.21. The lowest BCUT2D eigenvalue weighted by atomic mass is 10.2. The van der Waals surface area contributed by atoms with Gasteiger partial charge in [0, 0.05) is 6.54 Å². The summed E-state index contributed by atoms with van der Waals surface area (Å²) in [6.07, 6.45) is 0.775. The van der Waals surface area contributed by atoms with Crippen molar-refractivity contribution < 1.29 is 16.8 Å². The van der Waals surface area contributed by atoms with Crippen molar-refractivity contribution in [2.75, 3.05) is 6.26 Å². The lowest BCUT2D eigenvalue weighted by molar-refractivity contribution is 0.580. The van der Waals surface area contributed by atoms with Crippen molar-refractivity contribution in [2.24, 2.45) is 5.73 Å². The molecule has 0 aromatic heterocycles. The zero-order valence-corrected chi connectivity index (χ0v) is 10.2. The Kier molecular flexibility index (Phi) is 3.68. The summed E-state index contributed by atoms with van der Waals surface area (Å²) in [5, 5.41) is 0. The Hall–Kier alpha value is -0.960. The summed E-state index contributed by atoms with van der Waals surface area (Å²) in [4.78, 5) is -0.124. The van der Waals surface area contributed by atoms with Crippen LogP contribution in [0.15, 0.2) is 29.2 Å². The van der Waals surface area contributed by atoms with Crippen molar-refractivity contribution >= 4 is 20.0 Å². The molecule has 0 spiro atoms. The molecule has 0 saturated heterocycles. The molecule has 1 rings (SSSR count). The Morgan fingerprint density at radius 1 is 1.25 bits per heavy atom. The van der Waals surface area contributed by atoms with Crippen LogP contribution >= 0.6 is 0 Å². The summed E-state index contributed by atoms with van der Waals surface area (Å²) < 4.78 is 46.5. The van der Waals surface area contributed by atoms with Crippen molar-refractivity contribution in [3.63, 3.8) is 0 Å². The lowest BCUT2D eigenvalue weighted by Crippen LogP contribution is -2.29. The van der Waals surface area contributed by atoms with Crippen LogP contribution in [0.2, 0.25) is 0 Å². The number of nitrogens with one attached hydrogen (secondary N) is 1. The van der Waals surface area contributed by atoms with Crippen molar-refractivity contribution in [2.45, 2.75) is 11.4 Å². The van der Waals surface area contributed by atoms with Gasteiger partial charge >= 0.3 is 0 Å². The molecule has 0 aliphatic carbocycles. The minimum absolute atomic E-state index is 0.124. The van der Waals surface area contributed by atoms with Crippen LogP contribution in [-0.2, 0) is 26.6 Å². The molecule has 1 aromatic rings. The first kappa shape index (κ1) is 13.1. The lowest BCUT2D eigenvalue weighted by Gasteiger charge is -2.05. The number of nitrogens with two attached hydrogens (primary N) is 1. The van der Waals surface area contributed by atoms with Crippen LogP contribution in [0.1, 0.15) is 5.56 Å². The normalized spacial score (nSPS) is 12.6. The first-order valence-electron chi connectivity index (χ1n) is 4.27. The number of benzene rings is 1. The van der Waals surface area contributed by atoms with Gasteiger partial charge in [-0.25, -0.2) is 16.8 Å². The third kappa shape index (κ3) is 3.56. The molecule has 6 nitrogen and oxygen atoms in total. The van der Waals surface area contributed by atoms with Crippen LogP contribution in [0.3, 0.4) is 0 Å². The van der Waals surface area contributed by atoms with E-state index in [0.29, 0.717) is 5.56 Å². The second kappa shape index (κ2) is 4.50. The number of rotatable bonds is 4. The van der Waals surface area contributed by atoms with E-state index in [9.17, 15) is 16.8 Å². The fourth-order valence-electron chi connectivity index (χ4n) is 1.09. The van der Waals surface area contributed by atoms with Gasteiger partial charge in [-0.3, -0.25) is 0 Å². The number of hydrogen-bond donors (Lipinski definition) is 2. The highest BCUT2D eigenvalue weighted by Gasteiger charge is 2.19. The van der Waals surface area contributed by atoms with Crippen molar-refractivity contribution in [1.29, 1.82) is 0 Å². The number of sulfonamides is 2. The monoisotopic (exact) mass is 264 g/mol. The summed E-state index contributed by atoms with van der Waals surface area (Å²) in [7, 11) is -7.86. The van der Waals surface area contributed by atoms with E-state index in [1.807, 2.05) is 0 Å². The van der Waals surface area contributed by atoms with Crippen molar-refractivity contribution in [3.8, 4) is 0 Å². The van der Waals surface area contributed by atoms with E-state index in [2.05, 4.69) is 0 Å². The Morgan fingerprint density at radius 2 is 1.88 bits per heavy atom. The van der Waals surface area contributed by atoms with Gasteiger partial charge in [-0.15, -0.1) is 4.13 Å². The molecule has 0 bridgehead atoms. The molecule has 0 heterocycles. The summed E-state index contributed by atoms with van der Waals surface area (Å²) in [5.74, 6) is 0. The Balaban J connectivity index is 3.17. The molecule has 0 atom stereocenters. The molecule has 3 N–H and O–H groups in total. The molecule has 0 aliphatic heterocycles. The first-order chi connectivity index (χ1) is 7.24. The van der Waals surface area contributed by atoms with Crippen LogP contribution in [0.5, 0.6) is 0 Å². The van der Waals surface area contributed by atoms with Gasteiger partial charge < -0.3 is 5.73 Å². The van der Waals surface area contributed by atoms with Crippen molar-refractivity contribution in [3.05, 3.63) is 29.8 Å². The molecule has 90 valence electrons. The standard InChI is InChI=1S/C8H12N2O4S2/c1-15(11,12)10-16(13,14)8-4-2-3-7(5-8)6-9/h2-5,10H,6,9H2,1H3. The van der Waals surface area contributed by atoms with E-state index in [4.69, 9.17) is 5.73 Å². The maximum absolute atomic E-state index is 11.6. The van der Waals surface area contributed by atoms with Gasteiger partial charge in [-0.1, -0.05) is 12.1 Å². The summed E-state index contributed by atoms with van der Waals surface area (Å²) in [5.41, 5.74) is 5.96. The molecule has 8 heteroatoms. The zero-order chi connectivity index (χ0) is 12.4. The van der Waals surface area contributed by atoms with Crippen LogP contribution < -0.4 is 9.86 Å². The maximum Gasteiger partial charge on any atom is 0.253 e. The Labute approximate surface area is 94.6 Å². The third-order valence-electron chi connectivity index (χ3n) is 1.71. The molecule has 0 aliphatic rings. The summed E-state index contributed by atoms with van der Waals surface area (Å²) in [6, 6.07) is 5.78. The minimum Gasteiger partial charge on any atom is -0.326 e. The summed E-state index contributed by atoms with van der Waals surface area (Å²) >= 11 is 0. The van der Waals surface area contributed by atoms with Gasteiger partial charge in [-0.2, -0.15) is 0 Å². The molecule has 0 fully saturated rings. The average Bonchev–Trinajstić information content (AvgIpc) is 2.14. The largest absolute Gasteiger partial charge is 0.326 e. The quantitative estimate of drug-likeness (QED) is 0.754. The van der Waals surface area contributed by atoms with E-state index in [-0.39, 0.29) is 11.4 Å². The predicted molar refractivity (Wildman–Crippen MR) is 59.5 cm³/mol. The van der Waals surface area contributed by atoms with Gasteiger partial charge in [0.05, 0.1) is 11.2 Å². The SMILES string of the molecule is CS(=O)(=O)NS(=O)(=O)c1cccc(CN)c1. The van der Waals surface area contributed by atoms with E-state index < -0.39 is 20.0 Å². The second-order valence-corrected chi connectivity index (χ2v) is 6.90. The molecule has 0 amide bonds.